The fourth-order valence-electron chi connectivity index (χ4n) is 2.63. The number of hydrogen-bond donors (Lipinski definition) is 2. The Kier molecular flexibility index (Phi) is 18.4. The molecule has 0 aliphatic carbocycles. The van der Waals surface area contributed by atoms with Crippen molar-refractivity contribution in [3.63, 3.8) is 0 Å². The van der Waals surface area contributed by atoms with Crippen molar-refractivity contribution in [2.45, 2.75) is 83.2 Å². The lowest BCUT2D eigenvalue weighted by Gasteiger charge is -2.16. The van der Waals surface area contributed by atoms with Gasteiger partial charge in [0.05, 0.1) is 14.2 Å². The van der Waals surface area contributed by atoms with Crippen LogP contribution in [0.2, 0.25) is 0 Å². The first kappa shape index (κ1) is 28.1. The van der Waals surface area contributed by atoms with Crippen LogP contribution in [0.1, 0.15) is 71.1 Å². The van der Waals surface area contributed by atoms with E-state index in [9.17, 15) is 14.4 Å². The minimum absolute atomic E-state index is 0.139. The van der Waals surface area contributed by atoms with E-state index in [1.165, 1.54) is 74.3 Å². The van der Waals surface area contributed by atoms with E-state index in [-0.39, 0.29) is 5.91 Å². The van der Waals surface area contributed by atoms with E-state index >= 15 is 0 Å². The molecule has 9 heteroatoms. The standard InChI is InChI=1S/C20H38N2O5S2/c1-4-5-6-7-8-9-10-11-12-13-18(23)22-17(20(25)27-3)15-29-28-14-16(21)19(24)26-2/h16-17H,4-15,21H2,1-3H3,(H,22,23)/t16?,17-/m0/s1. The SMILES string of the molecule is CCCCCCCCCCCC(=O)N[C@@H](CSSCC(N)C(=O)OC)C(=O)OC. The highest BCUT2D eigenvalue weighted by Crippen LogP contribution is 2.23. The van der Waals surface area contributed by atoms with Gasteiger partial charge in [0.1, 0.15) is 12.1 Å². The van der Waals surface area contributed by atoms with Crippen molar-refractivity contribution in [3.8, 4) is 0 Å². The highest BCUT2D eigenvalue weighted by Gasteiger charge is 2.22. The molecule has 0 aromatic heterocycles. The van der Waals surface area contributed by atoms with Gasteiger partial charge < -0.3 is 20.5 Å². The van der Waals surface area contributed by atoms with Gasteiger partial charge in [0.25, 0.3) is 0 Å². The number of unbranched alkanes of at least 4 members (excludes halogenated alkanes) is 8. The maximum Gasteiger partial charge on any atom is 0.329 e. The van der Waals surface area contributed by atoms with Gasteiger partial charge in [0.2, 0.25) is 5.91 Å². The maximum absolute atomic E-state index is 12.1. The summed E-state index contributed by atoms with van der Waals surface area (Å²) < 4.78 is 9.33. The Bertz CT molecular complexity index is 466. The molecule has 0 bridgehead atoms. The van der Waals surface area contributed by atoms with Crippen LogP contribution in [0.5, 0.6) is 0 Å². The van der Waals surface area contributed by atoms with Crippen LogP contribution in [-0.2, 0) is 23.9 Å². The van der Waals surface area contributed by atoms with Crippen LogP contribution in [-0.4, -0.2) is 55.7 Å². The molecule has 0 rings (SSSR count). The molecule has 2 atom stereocenters. The molecule has 0 saturated carbocycles. The predicted molar refractivity (Wildman–Crippen MR) is 121 cm³/mol. The minimum Gasteiger partial charge on any atom is -0.468 e. The molecule has 170 valence electrons. The zero-order valence-corrected chi connectivity index (χ0v) is 19.7. The first-order valence-electron chi connectivity index (χ1n) is 10.4. The van der Waals surface area contributed by atoms with Gasteiger partial charge in [-0.1, -0.05) is 79.9 Å². The summed E-state index contributed by atoms with van der Waals surface area (Å²) in [4.78, 5) is 35.3. The van der Waals surface area contributed by atoms with E-state index in [1.807, 2.05) is 0 Å². The molecule has 3 N–H and O–H groups in total. The summed E-state index contributed by atoms with van der Waals surface area (Å²) in [5.74, 6) is -0.389. The molecule has 29 heavy (non-hydrogen) atoms. The van der Waals surface area contributed by atoms with Gasteiger partial charge in [0.15, 0.2) is 0 Å². The van der Waals surface area contributed by atoms with Crippen LogP contribution < -0.4 is 11.1 Å². The quantitative estimate of drug-likeness (QED) is 0.186. The fraction of sp³-hybridized carbons (Fsp3) is 0.850. The number of methoxy groups -OCH3 is 2. The normalized spacial score (nSPS) is 12.8. The fourth-order valence-corrected chi connectivity index (χ4v) is 4.89. The Morgan fingerprint density at radius 3 is 1.90 bits per heavy atom. The molecule has 7 nitrogen and oxygen atoms in total. The maximum atomic E-state index is 12.1. The van der Waals surface area contributed by atoms with Crippen LogP contribution in [0, 0.1) is 0 Å². The molecule has 1 amide bonds. The van der Waals surface area contributed by atoms with Gasteiger partial charge in [-0.2, -0.15) is 0 Å². The topological polar surface area (TPSA) is 108 Å². The van der Waals surface area contributed by atoms with Crippen LogP contribution in [0.4, 0.5) is 0 Å². The molecule has 0 heterocycles. The Balaban J connectivity index is 3.98. The van der Waals surface area contributed by atoms with Crippen LogP contribution in [0.15, 0.2) is 0 Å². The Morgan fingerprint density at radius 2 is 1.34 bits per heavy atom. The van der Waals surface area contributed by atoms with E-state index in [0.29, 0.717) is 17.9 Å². The van der Waals surface area contributed by atoms with E-state index in [1.54, 1.807) is 0 Å². The summed E-state index contributed by atoms with van der Waals surface area (Å²) in [6.07, 6.45) is 11.1. The summed E-state index contributed by atoms with van der Waals surface area (Å²) in [5.41, 5.74) is 5.66. The number of rotatable bonds is 18. The summed E-state index contributed by atoms with van der Waals surface area (Å²) >= 11 is 0. The highest BCUT2D eigenvalue weighted by atomic mass is 33.1. The van der Waals surface area contributed by atoms with Gasteiger partial charge in [0, 0.05) is 17.9 Å². The third-order valence-electron chi connectivity index (χ3n) is 4.40. The van der Waals surface area contributed by atoms with Gasteiger partial charge in [-0.05, 0) is 6.42 Å². The number of nitrogens with one attached hydrogen (secondary N) is 1. The third-order valence-corrected chi connectivity index (χ3v) is 6.85. The summed E-state index contributed by atoms with van der Waals surface area (Å²) in [6.45, 7) is 2.22. The van der Waals surface area contributed by atoms with E-state index in [2.05, 4.69) is 17.0 Å². The summed E-state index contributed by atoms with van der Waals surface area (Å²) in [5, 5.41) is 2.74. The molecule has 0 saturated heterocycles. The molecule has 0 fully saturated rings. The number of carbonyl (C=O) groups excluding carboxylic acids is 3. The Labute approximate surface area is 183 Å². The zero-order valence-electron chi connectivity index (χ0n) is 18.1. The molecule has 0 aliphatic rings. The van der Waals surface area contributed by atoms with Crippen molar-refractivity contribution < 1.29 is 23.9 Å². The average molecular weight is 451 g/mol. The van der Waals surface area contributed by atoms with Crippen molar-refractivity contribution in [3.05, 3.63) is 0 Å². The lowest BCUT2D eigenvalue weighted by atomic mass is 10.1. The van der Waals surface area contributed by atoms with Crippen molar-refractivity contribution >= 4 is 39.4 Å². The van der Waals surface area contributed by atoms with E-state index < -0.39 is 24.0 Å². The second-order valence-electron chi connectivity index (χ2n) is 6.92. The molecule has 0 aromatic rings. The van der Waals surface area contributed by atoms with E-state index in [0.717, 1.165) is 19.3 Å². The molecular weight excluding hydrogens is 412 g/mol. The molecule has 0 radical (unpaired) electrons. The minimum atomic E-state index is -0.713. The smallest absolute Gasteiger partial charge is 0.329 e. The molecule has 0 spiro atoms. The Hall–Kier alpha value is -0.930. The zero-order chi connectivity index (χ0) is 21.9. The largest absolute Gasteiger partial charge is 0.468 e. The van der Waals surface area contributed by atoms with Crippen molar-refractivity contribution in [2.75, 3.05) is 25.7 Å². The lowest BCUT2D eigenvalue weighted by molar-refractivity contribution is -0.144. The molecular formula is C20H38N2O5S2. The van der Waals surface area contributed by atoms with Crippen molar-refractivity contribution in [1.29, 1.82) is 0 Å². The first-order chi connectivity index (χ1) is 14.0. The Morgan fingerprint density at radius 1 is 0.828 bits per heavy atom. The van der Waals surface area contributed by atoms with Gasteiger partial charge in [-0.15, -0.1) is 0 Å². The van der Waals surface area contributed by atoms with E-state index in [4.69, 9.17) is 10.5 Å². The second kappa shape index (κ2) is 19.1. The summed E-state index contributed by atoms with van der Waals surface area (Å²) in [7, 11) is 5.30. The number of ether oxygens (including phenoxy) is 2. The average Bonchev–Trinajstić information content (AvgIpc) is 2.73. The number of nitrogens with two attached hydrogens (primary N) is 1. The second-order valence-corrected chi connectivity index (χ2v) is 9.47. The predicted octanol–water partition coefficient (Wildman–Crippen LogP) is 3.45. The van der Waals surface area contributed by atoms with Gasteiger partial charge in [-0.25, -0.2) is 4.79 Å². The molecule has 0 aliphatic heterocycles. The lowest BCUT2D eigenvalue weighted by Crippen LogP contribution is -2.43. The van der Waals surface area contributed by atoms with Gasteiger partial charge in [-0.3, -0.25) is 9.59 Å². The highest BCUT2D eigenvalue weighted by molar-refractivity contribution is 8.76. The monoisotopic (exact) mass is 450 g/mol. The van der Waals surface area contributed by atoms with Crippen molar-refractivity contribution in [1.82, 2.24) is 5.32 Å². The first-order valence-corrected chi connectivity index (χ1v) is 12.9. The van der Waals surface area contributed by atoms with Crippen LogP contribution in [0.25, 0.3) is 0 Å². The number of esters is 2. The van der Waals surface area contributed by atoms with Crippen molar-refractivity contribution in [2.24, 2.45) is 5.73 Å². The summed E-state index contributed by atoms with van der Waals surface area (Å²) in [6, 6.07) is -1.42. The van der Waals surface area contributed by atoms with Crippen LogP contribution in [0.3, 0.4) is 0 Å². The van der Waals surface area contributed by atoms with Gasteiger partial charge >= 0.3 is 11.9 Å². The number of amides is 1. The molecule has 0 aromatic carbocycles. The number of carbonyl (C=O) groups is 3. The molecule has 1 unspecified atom stereocenters. The van der Waals surface area contributed by atoms with Crippen LogP contribution >= 0.6 is 21.6 Å². The number of hydrogen-bond acceptors (Lipinski definition) is 8. The third kappa shape index (κ3) is 15.6.